The van der Waals surface area contributed by atoms with Gasteiger partial charge in [-0.3, -0.25) is 0 Å². The summed E-state index contributed by atoms with van der Waals surface area (Å²) in [7, 11) is 0. The highest BCUT2D eigenvalue weighted by Gasteiger charge is 2.10. The van der Waals surface area contributed by atoms with Gasteiger partial charge in [0.05, 0.1) is 6.10 Å². The lowest BCUT2D eigenvalue weighted by molar-refractivity contribution is 0.162. The first-order valence-electron chi connectivity index (χ1n) is 6.89. The molecule has 1 atom stereocenters. The van der Waals surface area contributed by atoms with E-state index in [4.69, 9.17) is 9.47 Å². The van der Waals surface area contributed by atoms with Gasteiger partial charge in [0.1, 0.15) is 24.7 Å². The molecule has 0 heterocycles. The normalized spacial score (nSPS) is 11.9. The van der Waals surface area contributed by atoms with Crippen molar-refractivity contribution in [2.75, 3.05) is 13.2 Å². The maximum absolute atomic E-state index is 9.93. The van der Waals surface area contributed by atoms with Crippen LogP contribution < -0.4 is 9.47 Å². The highest BCUT2D eigenvalue weighted by Crippen LogP contribution is 2.26. The molecule has 0 saturated heterocycles. The topological polar surface area (TPSA) is 38.7 Å². The average Bonchev–Trinajstić information content (AvgIpc) is 2.52. The Morgan fingerprint density at radius 2 is 1.55 bits per heavy atom. The maximum Gasteiger partial charge on any atom is 0.125 e. The Morgan fingerprint density at radius 3 is 2.30 bits per heavy atom. The summed E-state index contributed by atoms with van der Waals surface area (Å²) in [5.41, 5.74) is 0.828. The van der Waals surface area contributed by atoms with E-state index in [0.717, 1.165) is 17.1 Å². The zero-order valence-corrected chi connectivity index (χ0v) is 11.7. The van der Waals surface area contributed by atoms with E-state index in [1.165, 1.54) is 0 Å². The minimum atomic E-state index is -0.485. The zero-order valence-electron chi connectivity index (χ0n) is 11.7. The van der Waals surface area contributed by atoms with E-state index in [0.29, 0.717) is 19.6 Å². The van der Waals surface area contributed by atoms with Gasteiger partial charge in [-0.1, -0.05) is 43.3 Å². The number of benzene rings is 2. The van der Waals surface area contributed by atoms with Gasteiger partial charge in [0.2, 0.25) is 0 Å². The van der Waals surface area contributed by atoms with Gasteiger partial charge in [0.25, 0.3) is 0 Å². The molecule has 1 N–H and O–H groups in total. The quantitative estimate of drug-likeness (QED) is 0.783. The van der Waals surface area contributed by atoms with E-state index in [-0.39, 0.29) is 0 Å². The second kappa shape index (κ2) is 7.56. The van der Waals surface area contributed by atoms with Gasteiger partial charge in [-0.15, -0.1) is 0 Å². The van der Waals surface area contributed by atoms with Crippen molar-refractivity contribution >= 4 is 0 Å². The Balaban J connectivity index is 1.85. The van der Waals surface area contributed by atoms with Crippen molar-refractivity contribution in [1.82, 2.24) is 0 Å². The summed E-state index contributed by atoms with van der Waals surface area (Å²) in [4.78, 5) is 0. The Bertz CT molecular complexity index is 511. The van der Waals surface area contributed by atoms with Crippen molar-refractivity contribution in [1.29, 1.82) is 0 Å². The highest BCUT2D eigenvalue weighted by molar-refractivity contribution is 5.35. The maximum atomic E-state index is 9.93. The lowest BCUT2D eigenvalue weighted by Gasteiger charge is -2.15. The predicted octanol–water partition coefficient (Wildman–Crippen LogP) is 3.59. The van der Waals surface area contributed by atoms with Crippen molar-refractivity contribution in [2.45, 2.75) is 19.4 Å². The van der Waals surface area contributed by atoms with Gasteiger partial charge in [-0.25, -0.2) is 0 Å². The Labute approximate surface area is 119 Å². The van der Waals surface area contributed by atoms with Crippen LogP contribution in [0, 0.1) is 0 Å². The van der Waals surface area contributed by atoms with Crippen LogP contribution in [0.25, 0.3) is 0 Å². The second-order valence-electron chi connectivity index (χ2n) is 4.47. The third-order valence-electron chi connectivity index (χ3n) is 3.02. The van der Waals surface area contributed by atoms with E-state index in [9.17, 15) is 5.11 Å². The van der Waals surface area contributed by atoms with Gasteiger partial charge >= 0.3 is 0 Å². The number of aliphatic hydroxyl groups excluding tert-OH is 1. The molecule has 3 heteroatoms. The minimum Gasteiger partial charge on any atom is -0.490 e. The number of hydrogen-bond donors (Lipinski definition) is 1. The van der Waals surface area contributed by atoms with Crippen LogP contribution in [0.1, 0.15) is 25.0 Å². The largest absolute Gasteiger partial charge is 0.490 e. The molecule has 0 aromatic heterocycles. The number of hydrogen-bond acceptors (Lipinski definition) is 3. The van der Waals surface area contributed by atoms with Crippen LogP contribution in [0.4, 0.5) is 0 Å². The lowest BCUT2D eigenvalue weighted by atomic mass is 10.1. The summed E-state index contributed by atoms with van der Waals surface area (Å²) in [6.45, 7) is 2.86. The van der Waals surface area contributed by atoms with Gasteiger partial charge < -0.3 is 14.6 Å². The van der Waals surface area contributed by atoms with Crippen LogP contribution >= 0.6 is 0 Å². The fourth-order valence-electron chi connectivity index (χ4n) is 1.94. The summed E-state index contributed by atoms with van der Waals surface area (Å²) < 4.78 is 11.3. The van der Waals surface area contributed by atoms with Crippen molar-refractivity contribution in [3.8, 4) is 11.5 Å². The van der Waals surface area contributed by atoms with E-state index >= 15 is 0 Å². The Kier molecular flexibility index (Phi) is 5.44. The van der Waals surface area contributed by atoms with E-state index in [2.05, 4.69) is 0 Å². The molecule has 0 saturated carbocycles. The van der Waals surface area contributed by atoms with Gasteiger partial charge in [0, 0.05) is 5.56 Å². The number of aliphatic hydroxyl groups is 1. The fourth-order valence-corrected chi connectivity index (χ4v) is 1.94. The van der Waals surface area contributed by atoms with Crippen molar-refractivity contribution in [3.63, 3.8) is 0 Å². The van der Waals surface area contributed by atoms with Crippen LogP contribution in [-0.4, -0.2) is 18.3 Å². The van der Waals surface area contributed by atoms with Crippen molar-refractivity contribution < 1.29 is 14.6 Å². The number of rotatable bonds is 7. The Morgan fingerprint density at radius 1 is 0.900 bits per heavy atom. The Hall–Kier alpha value is -2.00. The molecule has 106 valence electrons. The molecule has 0 spiro atoms. The van der Waals surface area contributed by atoms with Crippen LogP contribution in [0.3, 0.4) is 0 Å². The van der Waals surface area contributed by atoms with Gasteiger partial charge in [-0.05, 0) is 24.6 Å². The summed E-state index contributed by atoms with van der Waals surface area (Å²) in [6.07, 6.45) is 0.183. The summed E-state index contributed by atoms with van der Waals surface area (Å²) in [5, 5.41) is 9.93. The molecule has 1 unspecified atom stereocenters. The number of para-hydroxylation sites is 2. The standard InChI is InChI=1S/C17H20O3/c1-2-16(18)15-10-6-7-11-17(15)20-13-12-19-14-8-4-3-5-9-14/h3-11,16,18H,2,12-13H2,1H3. The molecule has 3 nitrogen and oxygen atoms in total. The van der Waals surface area contributed by atoms with Crippen LogP contribution in [0.5, 0.6) is 11.5 Å². The molecule has 0 bridgehead atoms. The third-order valence-corrected chi connectivity index (χ3v) is 3.02. The average molecular weight is 272 g/mol. The summed E-state index contributed by atoms with van der Waals surface area (Å²) in [5.74, 6) is 1.55. The van der Waals surface area contributed by atoms with Crippen molar-refractivity contribution in [3.05, 3.63) is 60.2 Å². The minimum absolute atomic E-state index is 0.447. The van der Waals surface area contributed by atoms with Crippen LogP contribution in [0.2, 0.25) is 0 Å². The smallest absolute Gasteiger partial charge is 0.125 e. The van der Waals surface area contributed by atoms with Gasteiger partial charge in [-0.2, -0.15) is 0 Å². The molecular formula is C17H20O3. The zero-order chi connectivity index (χ0) is 14.2. The highest BCUT2D eigenvalue weighted by atomic mass is 16.5. The molecule has 0 fully saturated rings. The molecule has 2 rings (SSSR count). The first-order valence-corrected chi connectivity index (χ1v) is 6.89. The van der Waals surface area contributed by atoms with E-state index < -0.39 is 6.10 Å². The molecule has 2 aromatic rings. The fraction of sp³-hybridized carbons (Fsp3) is 0.294. The molecule has 0 aliphatic carbocycles. The molecule has 0 aliphatic rings. The molecule has 0 aliphatic heterocycles. The third kappa shape index (κ3) is 4.00. The van der Waals surface area contributed by atoms with Crippen molar-refractivity contribution in [2.24, 2.45) is 0 Å². The van der Waals surface area contributed by atoms with E-state index in [1.54, 1.807) is 0 Å². The molecule has 2 aromatic carbocycles. The summed E-state index contributed by atoms with van der Waals surface area (Å²) >= 11 is 0. The van der Waals surface area contributed by atoms with Gasteiger partial charge in [0.15, 0.2) is 0 Å². The van der Waals surface area contributed by atoms with Crippen LogP contribution in [-0.2, 0) is 0 Å². The second-order valence-corrected chi connectivity index (χ2v) is 4.47. The molecule has 20 heavy (non-hydrogen) atoms. The molecule has 0 amide bonds. The van der Waals surface area contributed by atoms with E-state index in [1.807, 2.05) is 61.5 Å². The predicted molar refractivity (Wildman–Crippen MR) is 79.1 cm³/mol. The summed E-state index contributed by atoms with van der Waals surface area (Å²) in [6, 6.07) is 17.2. The SMILES string of the molecule is CCC(O)c1ccccc1OCCOc1ccccc1. The number of ether oxygens (including phenoxy) is 2. The lowest BCUT2D eigenvalue weighted by Crippen LogP contribution is -2.10. The van der Waals surface area contributed by atoms with Crippen LogP contribution in [0.15, 0.2) is 54.6 Å². The first-order chi connectivity index (χ1) is 9.81. The first kappa shape index (κ1) is 14.4. The molecule has 0 radical (unpaired) electrons. The molecular weight excluding hydrogens is 252 g/mol. The monoisotopic (exact) mass is 272 g/mol.